The molecule has 7 heterocycles. The molecule has 0 saturated carbocycles. The van der Waals surface area contributed by atoms with Gasteiger partial charge in [0.15, 0.2) is 5.65 Å². The third kappa shape index (κ3) is 5.70. The summed E-state index contributed by atoms with van der Waals surface area (Å²) < 4.78 is 2.20. The number of rotatable bonds is 10. The van der Waals surface area contributed by atoms with Gasteiger partial charge in [-0.3, -0.25) is 4.79 Å². The molecule has 0 fully saturated rings. The summed E-state index contributed by atoms with van der Waals surface area (Å²) in [6, 6.07) is 15.0. The van der Waals surface area contributed by atoms with Crippen LogP contribution >= 0.6 is 0 Å². The van der Waals surface area contributed by atoms with E-state index in [1.807, 2.05) is 0 Å². The van der Waals surface area contributed by atoms with Gasteiger partial charge in [0.2, 0.25) is 5.91 Å². The Hall–Kier alpha value is -3.67. The van der Waals surface area contributed by atoms with E-state index >= 15 is 0 Å². The van der Waals surface area contributed by atoms with Crippen molar-refractivity contribution >= 4 is 50.1 Å². The molecule has 1 amide bonds. The van der Waals surface area contributed by atoms with Gasteiger partial charge >= 0.3 is 0 Å². The number of pyridine rings is 4. The number of aromatic nitrogens is 3. The summed E-state index contributed by atoms with van der Waals surface area (Å²) in [6.45, 7) is 9.48. The lowest BCUT2D eigenvalue weighted by atomic mass is 10.1. The molecule has 0 aliphatic heterocycles. The lowest BCUT2D eigenvalue weighted by molar-refractivity contribution is -0.116. The summed E-state index contributed by atoms with van der Waals surface area (Å²) in [5.74, 6) is 0.931. The van der Waals surface area contributed by atoms with Crippen molar-refractivity contribution in [3.8, 4) is 0 Å². The number of hydrogen-bond donors (Lipinski definition) is 2. The maximum Gasteiger partial charge on any atom is 0.243 e. The van der Waals surface area contributed by atoms with Crippen molar-refractivity contribution in [2.24, 2.45) is 0 Å². The van der Waals surface area contributed by atoms with Gasteiger partial charge in [-0.1, -0.05) is 46.1 Å². The first kappa shape index (κ1) is 24.5. The highest BCUT2D eigenvalue weighted by molar-refractivity contribution is 6.02. The van der Waals surface area contributed by atoms with E-state index in [0.717, 1.165) is 47.3 Å². The van der Waals surface area contributed by atoms with Crippen molar-refractivity contribution < 1.29 is 4.79 Å². The highest BCUT2D eigenvalue weighted by Gasteiger charge is 2.11. The molecule has 2 N–H and O–H groups in total. The summed E-state index contributed by atoms with van der Waals surface area (Å²) in [5.41, 5.74) is 4.59. The van der Waals surface area contributed by atoms with E-state index < -0.39 is 0 Å². The number of benzene rings is 2. The molecule has 0 aliphatic carbocycles. The van der Waals surface area contributed by atoms with Gasteiger partial charge in [0, 0.05) is 41.0 Å². The number of hydrogen-bond acceptors (Lipinski definition) is 4. The number of fused-ring (bicyclic) bond motifs is 2. The Balaban J connectivity index is 0.000000132. The van der Waals surface area contributed by atoms with E-state index in [1.165, 1.54) is 54.6 Å². The van der Waals surface area contributed by atoms with Crippen molar-refractivity contribution in [2.45, 2.75) is 52.4 Å². The van der Waals surface area contributed by atoms with Gasteiger partial charge in [0.25, 0.3) is 0 Å². The summed E-state index contributed by atoms with van der Waals surface area (Å²) in [4.78, 5) is 19.5. The number of carbonyl (C=O) groups excluding carboxylic acids is 1. The Bertz CT molecular complexity index is 1380. The van der Waals surface area contributed by atoms with E-state index in [2.05, 4.69) is 94.1 Å². The second-order valence-corrected chi connectivity index (χ2v) is 8.89. The SMILES string of the molecule is C=CC(=O)NCCCCC.CCCCCNc1nc2nc3ccc2cc13.c1cn2c3ccc2c1c3. The summed E-state index contributed by atoms with van der Waals surface area (Å²) in [5, 5.41) is 9.78. The minimum atomic E-state index is -0.0731. The van der Waals surface area contributed by atoms with Crippen LogP contribution in [0.2, 0.25) is 0 Å². The predicted octanol–water partition coefficient (Wildman–Crippen LogP) is 6.71. The molecule has 1 aromatic carbocycles. The molecule has 35 heavy (non-hydrogen) atoms. The fraction of sp³-hybridized carbons (Fsp3) is 0.345. The van der Waals surface area contributed by atoms with Gasteiger partial charge in [-0.25, -0.2) is 9.97 Å². The van der Waals surface area contributed by atoms with Gasteiger partial charge in [-0.2, -0.15) is 0 Å². The molecule has 0 spiro atoms. The minimum Gasteiger partial charge on any atom is -0.369 e. The first-order valence-corrected chi connectivity index (χ1v) is 12.7. The van der Waals surface area contributed by atoms with Crippen LogP contribution in [0, 0.1) is 0 Å². The molecule has 0 saturated heterocycles. The van der Waals surface area contributed by atoms with Crippen LogP contribution in [0.4, 0.5) is 5.82 Å². The van der Waals surface area contributed by atoms with Gasteiger partial charge < -0.3 is 15.0 Å². The molecule has 8 bridgehead atoms. The van der Waals surface area contributed by atoms with Gasteiger partial charge in [-0.05, 0) is 61.4 Å². The maximum atomic E-state index is 10.5. The third-order valence-corrected chi connectivity index (χ3v) is 6.24. The summed E-state index contributed by atoms with van der Waals surface area (Å²) in [7, 11) is 0. The van der Waals surface area contributed by atoms with E-state index in [0.29, 0.717) is 0 Å². The molecule has 8 aromatic rings. The van der Waals surface area contributed by atoms with Crippen molar-refractivity contribution in [2.75, 3.05) is 18.4 Å². The smallest absolute Gasteiger partial charge is 0.243 e. The lowest BCUT2D eigenvalue weighted by Gasteiger charge is -2.13. The van der Waals surface area contributed by atoms with Crippen LogP contribution in [0.25, 0.3) is 38.4 Å². The fourth-order valence-electron chi connectivity index (χ4n) is 4.28. The molecule has 0 radical (unpaired) electrons. The van der Waals surface area contributed by atoms with Crippen LogP contribution in [-0.4, -0.2) is 33.4 Å². The zero-order valence-electron chi connectivity index (χ0n) is 20.8. The standard InChI is InChI=1S/C13H15N3.C8H15NO.C8H5N/c1-2-3-4-7-14-13-10-8-9-5-6-11(10)15-12(9)16-13;1-3-5-6-7-9-8(10)4-2;1-2-8-6-3-4-9(8)7(1)5-6/h5-6,8H,2-4,7H2,1H3,(H,14,15,16);4H,2-3,5-7H2,1H3,(H,9,10);1-5H. The molecular formula is C29H35N5O. The molecule has 0 atom stereocenters. The molecular weight excluding hydrogens is 434 g/mol. The van der Waals surface area contributed by atoms with Crippen LogP contribution in [-0.2, 0) is 4.79 Å². The van der Waals surface area contributed by atoms with Crippen LogP contribution < -0.4 is 10.6 Å². The van der Waals surface area contributed by atoms with E-state index in [-0.39, 0.29) is 5.91 Å². The van der Waals surface area contributed by atoms with Crippen LogP contribution in [0.1, 0.15) is 52.4 Å². The quantitative estimate of drug-likeness (QED) is 0.173. The zero-order chi connectivity index (χ0) is 24.6. The van der Waals surface area contributed by atoms with Gasteiger partial charge in [0.05, 0.1) is 11.0 Å². The Morgan fingerprint density at radius 1 is 0.943 bits per heavy atom. The van der Waals surface area contributed by atoms with Gasteiger partial charge in [-0.15, -0.1) is 0 Å². The Morgan fingerprint density at radius 3 is 2.31 bits per heavy atom. The molecule has 8 rings (SSSR count). The van der Waals surface area contributed by atoms with Crippen LogP contribution in [0.15, 0.2) is 61.3 Å². The van der Waals surface area contributed by atoms with E-state index in [9.17, 15) is 4.79 Å². The fourth-order valence-corrected chi connectivity index (χ4v) is 4.28. The monoisotopic (exact) mass is 469 g/mol. The molecule has 6 heteroatoms. The van der Waals surface area contributed by atoms with E-state index in [4.69, 9.17) is 0 Å². The van der Waals surface area contributed by atoms with E-state index in [1.54, 1.807) is 0 Å². The first-order chi connectivity index (χ1) is 17.1. The van der Waals surface area contributed by atoms with Crippen molar-refractivity contribution in [3.63, 3.8) is 0 Å². The van der Waals surface area contributed by atoms with Crippen LogP contribution in [0.5, 0.6) is 0 Å². The second kappa shape index (κ2) is 11.6. The maximum absolute atomic E-state index is 10.5. The predicted molar refractivity (Wildman–Crippen MR) is 147 cm³/mol. The Labute approximate surface area is 206 Å². The van der Waals surface area contributed by atoms with Crippen molar-refractivity contribution in [3.05, 3.63) is 61.3 Å². The Morgan fingerprint density at radius 2 is 1.74 bits per heavy atom. The second-order valence-electron chi connectivity index (χ2n) is 8.89. The zero-order valence-corrected chi connectivity index (χ0v) is 20.8. The number of unbranched alkanes of at least 4 members (excludes halogenated alkanes) is 4. The van der Waals surface area contributed by atoms with Crippen LogP contribution in [0.3, 0.4) is 0 Å². The Kier molecular flexibility index (Phi) is 8.14. The summed E-state index contributed by atoms with van der Waals surface area (Å²) in [6.07, 6.45) is 10.6. The molecule has 182 valence electrons. The highest BCUT2D eigenvalue weighted by Crippen LogP contribution is 2.29. The number of carbonyl (C=O) groups is 1. The first-order valence-electron chi connectivity index (χ1n) is 12.7. The molecule has 7 aromatic heterocycles. The average molecular weight is 470 g/mol. The van der Waals surface area contributed by atoms with Crippen molar-refractivity contribution in [1.82, 2.24) is 19.7 Å². The molecule has 0 unspecified atom stereocenters. The highest BCUT2D eigenvalue weighted by atomic mass is 16.1. The normalized spacial score (nSPS) is 11.1. The van der Waals surface area contributed by atoms with Crippen molar-refractivity contribution in [1.29, 1.82) is 0 Å². The molecule has 0 aliphatic rings. The number of nitrogens with one attached hydrogen (secondary N) is 2. The average Bonchev–Trinajstić information content (AvgIpc) is 3.60. The largest absolute Gasteiger partial charge is 0.369 e. The number of amides is 1. The number of anilines is 1. The van der Waals surface area contributed by atoms with Gasteiger partial charge in [0.1, 0.15) is 5.82 Å². The number of nitrogens with zero attached hydrogens (tertiary/aromatic N) is 3. The topological polar surface area (TPSA) is 71.3 Å². The minimum absolute atomic E-state index is 0.0731. The molecule has 6 nitrogen and oxygen atoms in total. The lowest BCUT2D eigenvalue weighted by Crippen LogP contribution is -2.21. The summed E-state index contributed by atoms with van der Waals surface area (Å²) >= 11 is 0. The third-order valence-electron chi connectivity index (χ3n) is 6.24.